The van der Waals surface area contributed by atoms with Crippen molar-refractivity contribution in [3.8, 4) is 11.5 Å². The summed E-state index contributed by atoms with van der Waals surface area (Å²) in [5, 5.41) is 2.66. The van der Waals surface area contributed by atoms with Crippen LogP contribution in [0.3, 0.4) is 0 Å². The topological polar surface area (TPSA) is 120 Å². The standard InChI is InChI=1S/C18H21N3O5S/c1-25-14-6-3-12(4-7-14)21-27(23,24)16-11-13(5-8-15(16)26-2)20-17(22)18(19)9-10-18/h3-8,11,21H,9-10,19H2,1-2H3,(H,20,22). The predicted molar refractivity (Wildman–Crippen MR) is 102 cm³/mol. The molecule has 0 aromatic heterocycles. The fraction of sp³-hybridized carbons (Fsp3) is 0.278. The third-order valence-corrected chi connectivity index (χ3v) is 5.70. The van der Waals surface area contributed by atoms with Crippen molar-refractivity contribution in [1.82, 2.24) is 0 Å². The number of rotatable bonds is 7. The zero-order valence-corrected chi connectivity index (χ0v) is 15.8. The first-order valence-corrected chi connectivity index (χ1v) is 9.71. The van der Waals surface area contributed by atoms with Crippen molar-refractivity contribution in [3.63, 3.8) is 0 Å². The van der Waals surface area contributed by atoms with Gasteiger partial charge in [0.2, 0.25) is 5.91 Å². The van der Waals surface area contributed by atoms with Crippen molar-refractivity contribution in [1.29, 1.82) is 0 Å². The van der Waals surface area contributed by atoms with Crippen LogP contribution in [0.25, 0.3) is 0 Å². The maximum Gasteiger partial charge on any atom is 0.265 e. The first-order valence-electron chi connectivity index (χ1n) is 8.23. The van der Waals surface area contributed by atoms with Crippen molar-refractivity contribution >= 4 is 27.3 Å². The van der Waals surface area contributed by atoms with Gasteiger partial charge in [0.1, 0.15) is 16.4 Å². The van der Waals surface area contributed by atoms with Gasteiger partial charge in [0.25, 0.3) is 10.0 Å². The lowest BCUT2D eigenvalue weighted by atomic mass is 10.2. The van der Waals surface area contributed by atoms with Gasteiger partial charge in [-0.3, -0.25) is 9.52 Å². The van der Waals surface area contributed by atoms with E-state index in [2.05, 4.69) is 10.0 Å². The smallest absolute Gasteiger partial charge is 0.265 e. The molecule has 0 unspecified atom stereocenters. The molecular weight excluding hydrogens is 370 g/mol. The molecule has 0 heterocycles. The number of sulfonamides is 1. The van der Waals surface area contributed by atoms with E-state index in [0.29, 0.717) is 30.0 Å². The summed E-state index contributed by atoms with van der Waals surface area (Å²) in [6.45, 7) is 0. The first kappa shape index (κ1) is 19.0. The summed E-state index contributed by atoms with van der Waals surface area (Å²) >= 11 is 0. The van der Waals surface area contributed by atoms with Crippen molar-refractivity contribution in [3.05, 3.63) is 42.5 Å². The zero-order valence-electron chi connectivity index (χ0n) is 15.0. The largest absolute Gasteiger partial charge is 0.497 e. The Bertz CT molecular complexity index is 953. The summed E-state index contributed by atoms with van der Waals surface area (Å²) in [6.07, 6.45) is 1.22. The monoisotopic (exact) mass is 391 g/mol. The van der Waals surface area contributed by atoms with Crippen molar-refractivity contribution in [2.45, 2.75) is 23.3 Å². The number of carbonyl (C=O) groups is 1. The Balaban J connectivity index is 1.87. The van der Waals surface area contributed by atoms with E-state index in [9.17, 15) is 13.2 Å². The number of amides is 1. The second kappa shape index (κ2) is 7.09. The molecule has 4 N–H and O–H groups in total. The molecule has 0 saturated heterocycles. The van der Waals surface area contributed by atoms with Gasteiger partial charge in [-0.25, -0.2) is 8.42 Å². The van der Waals surface area contributed by atoms with Crippen molar-refractivity contribution in [2.24, 2.45) is 5.73 Å². The van der Waals surface area contributed by atoms with E-state index in [1.807, 2.05) is 0 Å². The van der Waals surface area contributed by atoms with Gasteiger partial charge in [0.05, 0.1) is 19.8 Å². The molecular formula is C18H21N3O5S. The lowest BCUT2D eigenvalue weighted by molar-refractivity contribution is -0.118. The Morgan fingerprint density at radius 3 is 2.22 bits per heavy atom. The van der Waals surface area contributed by atoms with Crippen LogP contribution in [0.15, 0.2) is 47.4 Å². The molecule has 1 aliphatic rings. The van der Waals surface area contributed by atoms with E-state index < -0.39 is 15.6 Å². The third-order valence-electron chi connectivity index (χ3n) is 4.29. The van der Waals surface area contributed by atoms with Crippen LogP contribution in [0.4, 0.5) is 11.4 Å². The van der Waals surface area contributed by atoms with Crippen LogP contribution in [-0.4, -0.2) is 34.1 Å². The molecule has 0 radical (unpaired) electrons. The Morgan fingerprint density at radius 1 is 1.04 bits per heavy atom. The number of hydrogen-bond donors (Lipinski definition) is 3. The summed E-state index contributed by atoms with van der Waals surface area (Å²) in [6, 6.07) is 10.8. The van der Waals surface area contributed by atoms with Gasteiger partial charge in [-0.2, -0.15) is 0 Å². The summed E-state index contributed by atoms with van der Waals surface area (Å²) in [5.41, 5.74) is 5.70. The lowest BCUT2D eigenvalue weighted by Crippen LogP contribution is -2.37. The van der Waals surface area contributed by atoms with E-state index in [4.69, 9.17) is 15.2 Å². The lowest BCUT2D eigenvalue weighted by Gasteiger charge is -2.15. The van der Waals surface area contributed by atoms with Crippen LogP contribution in [0.5, 0.6) is 11.5 Å². The van der Waals surface area contributed by atoms with Crippen LogP contribution in [0.1, 0.15) is 12.8 Å². The third kappa shape index (κ3) is 4.15. The Morgan fingerprint density at radius 2 is 1.67 bits per heavy atom. The second-order valence-electron chi connectivity index (χ2n) is 6.31. The van der Waals surface area contributed by atoms with Crippen LogP contribution in [0, 0.1) is 0 Å². The number of ether oxygens (including phenoxy) is 2. The molecule has 1 amide bonds. The van der Waals surface area contributed by atoms with E-state index in [-0.39, 0.29) is 16.6 Å². The van der Waals surface area contributed by atoms with E-state index in [1.165, 1.54) is 26.4 Å². The highest BCUT2D eigenvalue weighted by molar-refractivity contribution is 7.92. The van der Waals surface area contributed by atoms with E-state index in [0.717, 1.165) is 0 Å². The average molecular weight is 391 g/mol. The molecule has 0 spiro atoms. The molecule has 27 heavy (non-hydrogen) atoms. The van der Waals surface area contributed by atoms with Gasteiger partial charge in [-0.15, -0.1) is 0 Å². The Hall–Kier alpha value is -2.78. The minimum absolute atomic E-state index is 0.0968. The molecule has 144 valence electrons. The minimum Gasteiger partial charge on any atom is -0.497 e. The van der Waals surface area contributed by atoms with Gasteiger partial charge in [0, 0.05) is 11.4 Å². The van der Waals surface area contributed by atoms with Gasteiger partial charge in [-0.1, -0.05) is 0 Å². The SMILES string of the molecule is COc1ccc(NS(=O)(=O)c2cc(NC(=O)C3(N)CC3)ccc2OC)cc1. The van der Waals surface area contributed by atoms with Crippen LogP contribution < -0.4 is 25.2 Å². The van der Waals surface area contributed by atoms with Gasteiger partial charge < -0.3 is 20.5 Å². The number of nitrogens with two attached hydrogens (primary N) is 1. The molecule has 3 rings (SSSR count). The summed E-state index contributed by atoms with van der Waals surface area (Å²) in [7, 11) is -1.05. The van der Waals surface area contributed by atoms with Crippen LogP contribution in [0.2, 0.25) is 0 Å². The number of anilines is 2. The molecule has 8 nitrogen and oxygen atoms in total. The molecule has 1 saturated carbocycles. The highest BCUT2D eigenvalue weighted by atomic mass is 32.2. The molecule has 1 aliphatic carbocycles. The fourth-order valence-corrected chi connectivity index (χ4v) is 3.71. The van der Waals surface area contributed by atoms with Crippen molar-refractivity contribution < 1.29 is 22.7 Å². The van der Waals surface area contributed by atoms with E-state index in [1.54, 1.807) is 30.3 Å². The number of nitrogens with one attached hydrogen (secondary N) is 2. The maximum atomic E-state index is 12.8. The molecule has 9 heteroatoms. The molecule has 0 atom stereocenters. The second-order valence-corrected chi connectivity index (χ2v) is 7.96. The summed E-state index contributed by atoms with van der Waals surface area (Å²) < 4.78 is 38.4. The zero-order chi connectivity index (χ0) is 19.7. The molecule has 1 fully saturated rings. The highest BCUT2D eigenvalue weighted by Gasteiger charge is 2.46. The van der Waals surface area contributed by atoms with Crippen LogP contribution in [-0.2, 0) is 14.8 Å². The van der Waals surface area contributed by atoms with Crippen molar-refractivity contribution in [2.75, 3.05) is 24.3 Å². The first-order chi connectivity index (χ1) is 12.8. The molecule has 2 aromatic rings. The highest BCUT2D eigenvalue weighted by Crippen LogP contribution is 2.34. The van der Waals surface area contributed by atoms with Crippen LogP contribution >= 0.6 is 0 Å². The van der Waals surface area contributed by atoms with Gasteiger partial charge in [0.15, 0.2) is 0 Å². The molecule has 0 bridgehead atoms. The number of hydrogen-bond acceptors (Lipinski definition) is 6. The Kier molecular flexibility index (Phi) is 4.99. The number of carbonyl (C=O) groups excluding carboxylic acids is 1. The van der Waals surface area contributed by atoms with Gasteiger partial charge >= 0.3 is 0 Å². The summed E-state index contributed by atoms with van der Waals surface area (Å²) in [4.78, 5) is 12.0. The quantitative estimate of drug-likeness (QED) is 0.663. The normalized spacial score (nSPS) is 14.9. The number of methoxy groups -OCH3 is 2. The molecule has 0 aliphatic heterocycles. The molecule has 2 aromatic carbocycles. The fourth-order valence-electron chi connectivity index (χ4n) is 2.45. The summed E-state index contributed by atoms with van der Waals surface area (Å²) in [5.74, 6) is 0.429. The van der Waals surface area contributed by atoms with E-state index >= 15 is 0 Å². The Labute approximate surface area is 157 Å². The maximum absolute atomic E-state index is 12.8. The number of benzene rings is 2. The van der Waals surface area contributed by atoms with Gasteiger partial charge in [-0.05, 0) is 55.3 Å². The minimum atomic E-state index is -3.95. The predicted octanol–water partition coefficient (Wildman–Crippen LogP) is 1.93. The average Bonchev–Trinajstić information content (AvgIpc) is 3.41.